The Balaban J connectivity index is 1.83. The van der Waals surface area contributed by atoms with Crippen molar-refractivity contribution in [1.82, 2.24) is 15.5 Å². The zero-order valence-electron chi connectivity index (χ0n) is 9.41. The Hall–Kier alpha value is -1.13. The number of hydrogen-bond acceptors (Lipinski definition) is 2. The average molecular weight is 292 g/mol. The highest BCUT2D eigenvalue weighted by atomic mass is 79.9. The van der Waals surface area contributed by atoms with Gasteiger partial charge in [-0.15, -0.1) is 0 Å². The first-order valence-corrected chi connectivity index (χ1v) is 6.64. The first-order valence-electron chi connectivity index (χ1n) is 5.84. The zero-order chi connectivity index (χ0) is 11.7. The molecule has 0 spiro atoms. The summed E-state index contributed by atoms with van der Waals surface area (Å²) in [6.45, 7) is 0.892. The Kier molecular flexibility index (Phi) is 2.99. The van der Waals surface area contributed by atoms with E-state index in [4.69, 9.17) is 0 Å². The lowest BCUT2D eigenvalue weighted by molar-refractivity contribution is 0.689. The lowest BCUT2D eigenvalue weighted by Crippen LogP contribution is -2.15. The van der Waals surface area contributed by atoms with Gasteiger partial charge in [0.25, 0.3) is 0 Å². The summed E-state index contributed by atoms with van der Waals surface area (Å²) in [5.74, 6) is 0. The van der Waals surface area contributed by atoms with Crippen molar-refractivity contribution in [3.63, 3.8) is 0 Å². The van der Waals surface area contributed by atoms with Gasteiger partial charge in [-0.2, -0.15) is 5.10 Å². The van der Waals surface area contributed by atoms with Crippen molar-refractivity contribution in [1.29, 1.82) is 0 Å². The maximum atomic E-state index is 4.15. The van der Waals surface area contributed by atoms with Crippen LogP contribution in [0.5, 0.6) is 0 Å². The van der Waals surface area contributed by atoms with Crippen molar-refractivity contribution in [2.45, 2.75) is 25.4 Å². The van der Waals surface area contributed by atoms with Crippen molar-refractivity contribution >= 4 is 15.9 Å². The lowest BCUT2D eigenvalue weighted by atomic mass is 10.1. The molecule has 0 saturated heterocycles. The Bertz CT molecular complexity index is 517. The SMILES string of the molecule is Brc1cccc(-c2[nH]ncc2CNC2CC2)c1. The van der Waals surface area contributed by atoms with Gasteiger partial charge in [0, 0.05) is 28.2 Å². The van der Waals surface area contributed by atoms with Gasteiger partial charge in [0.1, 0.15) is 0 Å². The van der Waals surface area contributed by atoms with E-state index >= 15 is 0 Å². The van der Waals surface area contributed by atoms with Gasteiger partial charge in [0.05, 0.1) is 11.9 Å². The van der Waals surface area contributed by atoms with Crippen molar-refractivity contribution in [2.24, 2.45) is 0 Å². The van der Waals surface area contributed by atoms with E-state index in [1.165, 1.54) is 24.0 Å². The van der Waals surface area contributed by atoms with E-state index in [2.05, 4.69) is 43.6 Å². The van der Waals surface area contributed by atoms with E-state index in [0.29, 0.717) is 0 Å². The first kappa shape index (κ1) is 11.0. The van der Waals surface area contributed by atoms with Gasteiger partial charge in [-0.25, -0.2) is 0 Å². The van der Waals surface area contributed by atoms with Gasteiger partial charge in [-0.1, -0.05) is 28.1 Å². The van der Waals surface area contributed by atoms with Crippen LogP contribution in [0.4, 0.5) is 0 Å². The number of aromatic amines is 1. The van der Waals surface area contributed by atoms with Crippen LogP contribution in [0.25, 0.3) is 11.3 Å². The number of nitrogens with one attached hydrogen (secondary N) is 2. The van der Waals surface area contributed by atoms with E-state index in [-0.39, 0.29) is 0 Å². The van der Waals surface area contributed by atoms with Crippen LogP contribution in [0.15, 0.2) is 34.9 Å². The summed E-state index contributed by atoms with van der Waals surface area (Å²) >= 11 is 3.49. The summed E-state index contributed by atoms with van der Waals surface area (Å²) in [5, 5.41) is 10.7. The van der Waals surface area contributed by atoms with E-state index < -0.39 is 0 Å². The van der Waals surface area contributed by atoms with Gasteiger partial charge in [0.2, 0.25) is 0 Å². The van der Waals surface area contributed by atoms with Crippen molar-refractivity contribution < 1.29 is 0 Å². The second-order valence-corrected chi connectivity index (χ2v) is 5.35. The highest BCUT2D eigenvalue weighted by molar-refractivity contribution is 9.10. The van der Waals surface area contributed by atoms with Crippen LogP contribution >= 0.6 is 15.9 Å². The molecule has 3 nitrogen and oxygen atoms in total. The number of hydrogen-bond donors (Lipinski definition) is 2. The molecular formula is C13H14BrN3. The maximum Gasteiger partial charge on any atom is 0.0695 e. The lowest BCUT2D eigenvalue weighted by Gasteiger charge is -2.05. The summed E-state index contributed by atoms with van der Waals surface area (Å²) in [6, 6.07) is 8.99. The molecule has 0 radical (unpaired) electrons. The predicted octanol–water partition coefficient (Wildman–Crippen LogP) is 3.09. The highest BCUT2D eigenvalue weighted by Crippen LogP contribution is 2.25. The third-order valence-corrected chi connectivity index (χ3v) is 3.48. The van der Waals surface area contributed by atoms with Crippen LogP contribution in [-0.4, -0.2) is 16.2 Å². The van der Waals surface area contributed by atoms with Gasteiger partial charge in [-0.3, -0.25) is 5.10 Å². The van der Waals surface area contributed by atoms with Crippen molar-refractivity contribution in [3.8, 4) is 11.3 Å². The molecule has 1 saturated carbocycles. The first-order chi connectivity index (χ1) is 8.33. The number of nitrogens with zero attached hydrogens (tertiary/aromatic N) is 1. The molecule has 2 N–H and O–H groups in total. The smallest absolute Gasteiger partial charge is 0.0695 e. The number of benzene rings is 1. The summed E-state index contributed by atoms with van der Waals surface area (Å²) in [7, 11) is 0. The summed E-state index contributed by atoms with van der Waals surface area (Å²) < 4.78 is 1.09. The van der Waals surface area contributed by atoms with Gasteiger partial charge < -0.3 is 5.32 Å². The Morgan fingerprint density at radius 2 is 2.29 bits per heavy atom. The van der Waals surface area contributed by atoms with E-state index in [9.17, 15) is 0 Å². The van der Waals surface area contributed by atoms with Crippen LogP contribution in [0.1, 0.15) is 18.4 Å². The molecule has 1 aromatic heterocycles. The zero-order valence-corrected chi connectivity index (χ0v) is 11.0. The summed E-state index contributed by atoms with van der Waals surface area (Å²) in [6.07, 6.45) is 4.53. The van der Waals surface area contributed by atoms with E-state index in [1.807, 2.05) is 18.3 Å². The Morgan fingerprint density at radius 3 is 3.06 bits per heavy atom. The second-order valence-electron chi connectivity index (χ2n) is 4.44. The number of halogens is 1. The Labute approximate surface area is 109 Å². The molecule has 3 rings (SSSR count). The molecule has 0 unspecified atom stereocenters. The minimum Gasteiger partial charge on any atom is -0.310 e. The fraction of sp³-hybridized carbons (Fsp3) is 0.308. The molecule has 2 aromatic rings. The van der Waals surface area contributed by atoms with Crippen LogP contribution < -0.4 is 5.32 Å². The molecule has 1 aliphatic carbocycles. The molecule has 4 heteroatoms. The fourth-order valence-corrected chi connectivity index (χ4v) is 2.28. The normalized spacial score (nSPS) is 15.1. The molecule has 0 bridgehead atoms. The maximum absolute atomic E-state index is 4.15. The van der Waals surface area contributed by atoms with Crippen LogP contribution in [0.2, 0.25) is 0 Å². The van der Waals surface area contributed by atoms with Crippen molar-refractivity contribution in [2.75, 3.05) is 0 Å². The minimum absolute atomic E-state index is 0.722. The largest absolute Gasteiger partial charge is 0.310 e. The standard InChI is InChI=1S/C13H14BrN3/c14-11-3-1-2-9(6-11)13-10(8-16-17-13)7-15-12-4-5-12/h1-3,6,8,12,15H,4-5,7H2,(H,16,17). The molecule has 1 aliphatic rings. The predicted molar refractivity (Wildman–Crippen MR) is 71.6 cm³/mol. The molecule has 1 fully saturated rings. The molecule has 17 heavy (non-hydrogen) atoms. The number of H-pyrrole nitrogens is 1. The van der Waals surface area contributed by atoms with Gasteiger partial charge in [-0.05, 0) is 25.0 Å². The Morgan fingerprint density at radius 1 is 1.41 bits per heavy atom. The average Bonchev–Trinajstić information content (AvgIpc) is 3.04. The van der Waals surface area contributed by atoms with Crippen LogP contribution in [-0.2, 0) is 6.54 Å². The van der Waals surface area contributed by atoms with Crippen LogP contribution in [0.3, 0.4) is 0 Å². The van der Waals surface area contributed by atoms with E-state index in [1.54, 1.807) is 0 Å². The third-order valence-electron chi connectivity index (χ3n) is 2.99. The second kappa shape index (κ2) is 4.63. The van der Waals surface area contributed by atoms with Gasteiger partial charge in [0.15, 0.2) is 0 Å². The highest BCUT2D eigenvalue weighted by Gasteiger charge is 2.20. The number of rotatable bonds is 4. The third kappa shape index (κ3) is 2.58. The van der Waals surface area contributed by atoms with Gasteiger partial charge >= 0.3 is 0 Å². The number of aromatic nitrogens is 2. The molecule has 0 atom stereocenters. The van der Waals surface area contributed by atoms with E-state index in [0.717, 1.165) is 22.8 Å². The molecule has 0 amide bonds. The molecule has 1 heterocycles. The molecule has 88 valence electrons. The van der Waals surface area contributed by atoms with Crippen molar-refractivity contribution in [3.05, 3.63) is 40.5 Å². The molecule has 1 aromatic carbocycles. The van der Waals surface area contributed by atoms with Crippen LogP contribution in [0, 0.1) is 0 Å². The molecule has 0 aliphatic heterocycles. The monoisotopic (exact) mass is 291 g/mol. The molecular weight excluding hydrogens is 278 g/mol. The summed E-state index contributed by atoms with van der Waals surface area (Å²) in [5.41, 5.74) is 3.51. The summed E-state index contributed by atoms with van der Waals surface area (Å²) in [4.78, 5) is 0. The minimum atomic E-state index is 0.722. The quantitative estimate of drug-likeness (QED) is 0.909. The fourth-order valence-electron chi connectivity index (χ4n) is 1.88. The topological polar surface area (TPSA) is 40.7 Å².